The van der Waals surface area contributed by atoms with Crippen LogP contribution in [0.5, 0.6) is 0 Å². The first-order chi connectivity index (χ1) is 12.2. The number of rotatable bonds is 5. The molecule has 1 saturated heterocycles. The number of nitrogens with two attached hydrogens (primary N) is 1. The van der Waals surface area contributed by atoms with Gasteiger partial charge in [0.1, 0.15) is 0 Å². The average Bonchev–Trinajstić information content (AvgIpc) is 2.61. The van der Waals surface area contributed by atoms with Crippen molar-refractivity contribution < 1.29 is 9.59 Å². The zero-order valence-corrected chi connectivity index (χ0v) is 17.8. The first-order valence-electron chi connectivity index (χ1n) is 9.60. The summed E-state index contributed by atoms with van der Waals surface area (Å²) >= 11 is 0. The standard InChI is InChI=1S/C21H33N3O2.ClH/c1-15(22)16-10-13-24(14-11-16)19(25)9-12-23-20(26)17-5-7-18(8-6-17)21(2,3)4;/h5-8,15-16H,9-14,22H2,1-4H3,(H,23,26);1H. The molecule has 6 heteroatoms. The van der Waals surface area contributed by atoms with Crippen molar-refractivity contribution in [3.63, 3.8) is 0 Å². The number of hydrogen-bond acceptors (Lipinski definition) is 3. The maximum Gasteiger partial charge on any atom is 0.251 e. The molecule has 0 saturated carbocycles. The number of hydrogen-bond donors (Lipinski definition) is 2. The van der Waals surface area contributed by atoms with E-state index in [1.54, 1.807) is 0 Å². The van der Waals surface area contributed by atoms with E-state index >= 15 is 0 Å². The van der Waals surface area contributed by atoms with Gasteiger partial charge in [-0.05, 0) is 48.8 Å². The molecular weight excluding hydrogens is 362 g/mol. The van der Waals surface area contributed by atoms with E-state index in [1.165, 1.54) is 5.56 Å². The summed E-state index contributed by atoms with van der Waals surface area (Å²) in [4.78, 5) is 26.4. The summed E-state index contributed by atoms with van der Waals surface area (Å²) in [5, 5.41) is 2.85. The number of piperidine rings is 1. The van der Waals surface area contributed by atoms with Crippen molar-refractivity contribution in [2.75, 3.05) is 19.6 Å². The summed E-state index contributed by atoms with van der Waals surface area (Å²) in [6.45, 7) is 10.4. The molecule has 1 atom stereocenters. The third-order valence-corrected chi connectivity index (χ3v) is 5.27. The molecule has 0 aliphatic carbocycles. The Morgan fingerprint density at radius 2 is 1.74 bits per heavy atom. The number of halogens is 1. The van der Waals surface area contributed by atoms with Crippen LogP contribution in [0.4, 0.5) is 0 Å². The molecule has 1 unspecified atom stereocenters. The van der Waals surface area contributed by atoms with Gasteiger partial charge in [-0.15, -0.1) is 12.4 Å². The zero-order chi connectivity index (χ0) is 19.3. The van der Waals surface area contributed by atoms with E-state index in [-0.39, 0.29) is 35.7 Å². The lowest BCUT2D eigenvalue weighted by Gasteiger charge is -2.33. The van der Waals surface area contributed by atoms with Gasteiger partial charge in [0.2, 0.25) is 5.91 Å². The van der Waals surface area contributed by atoms with Gasteiger partial charge in [-0.1, -0.05) is 32.9 Å². The highest BCUT2D eigenvalue weighted by atomic mass is 35.5. The van der Waals surface area contributed by atoms with Crippen molar-refractivity contribution in [1.29, 1.82) is 0 Å². The van der Waals surface area contributed by atoms with Gasteiger partial charge in [0, 0.05) is 37.7 Å². The van der Waals surface area contributed by atoms with Crippen molar-refractivity contribution in [1.82, 2.24) is 10.2 Å². The third kappa shape index (κ3) is 6.82. The largest absolute Gasteiger partial charge is 0.352 e. The highest BCUT2D eigenvalue weighted by molar-refractivity contribution is 5.94. The molecule has 0 radical (unpaired) electrons. The molecule has 2 amide bonds. The van der Waals surface area contributed by atoms with Crippen molar-refractivity contribution in [2.45, 2.75) is 58.4 Å². The van der Waals surface area contributed by atoms with Crippen LogP contribution in [0.2, 0.25) is 0 Å². The third-order valence-electron chi connectivity index (χ3n) is 5.27. The van der Waals surface area contributed by atoms with Crippen LogP contribution in [-0.2, 0) is 10.2 Å². The van der Waals surface area contributed by atoms with Crippen LogP contribution in [-0.4, -0.2) is 42.4 Å². The van der Waals surface area contributed by atoms with Gasteiger partial charge in [0.25, 0.3) is 5.91 Å². The molecule has 1 aromatic rings. The quantitative estimate of drug-likeness (QED) is 0.804. The lowest BCUT2D eigenvalue weighted by atomic mass is 9.87. The van der Waals surface area contributed by atoms with Crippen LogP contribution in [0.1, 0.15) is 62.9 Å². The highest BCUT2D eigenvalue weighted by Crippen LogP contribution is 2.22. The summed E-state index contributed by atoms with van der Waals surface area (Å²) in [6, 6.07) is 7.86. The second-order valence-electron chi connectivity index (χ2n) is 8.41. The molecular formula is C21H34ClN3O2. The summed E-state index contributed by atoms with van der Waals surface area (Å²) in [5.74, 6) is 0.486. The number of carbonyl (C=O) groups is 2. The zero-order valence-electron chi connectivity index (χ0n) is 17.0. The minimum atomic E-state index is -0.131. The van der Waals surface area contributed by atoms with E-state index in [9.17, 15) is 9.59 Å². The van der Waals surface area contributed by atoms with Gasteiger partial charge >= 0.3 is 0 Å². The molecule has 0 spiro atoms. The molecule has 1 heterocycles. The van der Waals surface area contributed by atoms with Crippen molar-refractivity contribution in [3.8, 4) is 0 Å². The molecule has 2 rings (SSSR count). The Hall–Kier alpha value is -1.59. The van der Waals surface area contributed by atoms with Crippen LogP contribution in [0, 0.1) is 5.92 Å². The first kappa shape index (κ1) is 23.4. The minimum Gasteiger partial charge on any atom is -0.352 e. The molecule has 5 nitrogen and oxygen atoms in total. The van der Waals surface area contributed by atoms with E-state index in [1.807, 2.05) is 36.1 Å². The van der Waals surface area contributed by atoms with Crippen molar-refractivity contribution in [3.05, 3.63) is 35.4 Å². The Morgan fingerprint density at radius 1 is 1.19 bits per heavy atom. The van der Waals surface area contributed by atoms with Crippen LogP contribution in [0.25, 0.3) is 0 Å². The predicted molar refractivity (Wildman–Crippen MR) is 112 cm³/mol. The Morgan fingerprint density at radius 3 is 2.22 bits per heavy atom. The fourth-order valence-corrected chi connectivity index (χ4v) is 3.34. The minimum absolute atomic E-state index is 0. The molecule has 0 bridgehead atoms. The van der Waals surface area contributed by atoms with Crippen LogP contribution in [0.15, 0.2) is 24.3 Å². The Kier molecular flexibility index (Phi) is 8.76. The number of nitrogens with one attached hydrogen (secondary N) is 1. The maximum atomic E-state index is 12.3. The van der Waals surface area contributed by atoms with Crippen LogP contribution < -0.4 is 11.1 Å². The molecule has 0 aromatic heterocycles. The fraction of sp³-hybridized carbons (Fsp3) is 0.619. The molecule has 1 aromatic carbocycles. The molecule has 1 aliphatic rings. The molecule has 1 fully saturated rings. The van der Waals surface area contributed by atoms with Gasteiger partial charge in [-0.2, -0.15) is 0 Å². The van der Waals surface area contributed by atoms with E-state index in [4.69, 9.17) is 5.73 Å². The topological polar surface area (TPSA) is 75.4 Å². The number of amides is 2. The smallest absolute Gasteiger partial charge is 0.251 e. The van der Waals surface area contributed by atoms with Gasteiger partial charge in [0.05, 0.1) is 0 Å². The van der Waals surface area contributed by atoms with Gasteiger partial charge < -0.3 is 16.0 Å². The van der Waals surface area contributed by atoms with E-state index in [0.717, 1.165) is 25.9 Å². The van der Waals surface area contributed by atoms with Crippen LogP contribution >= 0.6 is 12.4 Å². The van der Waals surface area contributed by atoms with Crippen molar-refractivity contribution in [2.24, 2.45) is 11.7 Å². The summed E-state index contributed by atoms with van der Waals surface area (Å²) in [5.41, 5.74) is 7.83. The van der Waals surface area contributed by atoms with Crippen LogP contribution in [0.3, 0.4) is 0 Å². The highest BCUT2D eigenvalue weighted by Gasteiger charge is 2.24. The number of benzene rings is 1. The number of likely N-dealkylation sites (tertiary alicyclic amines) is 1. The number of nitrogens with zero attached hydrogens (tertiary/aromatic N) is 1. The Bertz CT molecular complexity index is 615. The predicted octanol–water partition coefficient (Wildman–Crippen LogP) is 3.11. The Balaban J connectivity index is 0.00000364. The summed E-state index contributed by atoms with van der Waals surface area (Å²) < 4.78 is 0. The SMILES string of the molecule is CC(N)C1CCN(C(=O)CCNC(=O)c2ccc(C(C)(C)C)cc2)CC1.Cl. The molecule has 1 aliphatic heterocycles. The van der Waals surface area contributed by atoms with E-state index in [2.05, 4.69) is 26.1 Å². The lowest BCUT2D eigenvalue weighted by Crippen LogP contribution is -2.43. The van der Waals surface area contributed by atoms with E-state index < -0.39 is 0 Å². The Labute approximate surface area is 169 Å². The normalized spacial score (nSPS) is 16.4. The maximum absolute atomic E-state index is 12.3. The average molecular weight is 396 g/mol. The van der Waals surface area contributed by atoms with Crippen molar-refractivity contribution >= 4 is 24.2 Å². The van der Waals surface area contributed by atoms with Gasteiger partial charge in [-0.3, -0.25) is 9.59 Å². The van der Waals surface area contributed by atoms with E-state index in [0.29, 0.717) is 24.4 Å². The number of carbonyl (C=O) groups excluding carboxylic acids is 2. The molecule has 152 valence electrons. The van der Waals surface area contributed by atoms with Gasteiger partial charge in [-0.25, -0.2) is 0 Å². The fourth-order valence-electron chi connectivity index (χ4n) is 3.34. The van der Waals surface area contributed by atoms with Gasteiger partial charge in [0.15, 0.2) is 0 Å². The lowest BCUT2D eigenvalue weighted by molar-refractivity contribution is -0.132. The monoisotopic (exact) mass is 395 g/mol. The summed E-state index contributed by atoms with van der Waals surface area (Å²) in [7, 11) is 0. The molecule has 3 N–H and O–H groups in total. The first-order valence-corrected chi connectivity index (χ1v) is 9.60. The molecule has 27 heavy (non-hydrogen) atoms. The summed E-state index contributed by atoms with van der Waals surface area (Å²) in [6.07, 6.45) is 2.28. The second kappa shape index (κ2) is 10.1. The second-order valence-corrected chi connectivity index (χ2v) is 8.41.